The summed E-state index contributed by atoms with van der Waals surface area (Å²) in [6.45, 7) is 4.63. The molecule has 1 N–H and O–H groups in total. The average molecular weight is 352 g/mol. The van der Waals surface area contributed by atoms with Gasteiger partial charge in [0.05, 0.1) is 16.5 Å². The summed E-state index contributed by atoms with van der Waals surface area (Å²) in [7, 11) is -3.35. The lowest BCUT2D eigenvalue weighted by atomic mass is 9.90. The highest BCUT2D eigenvalue weighted by Gasteiger charge is 2.30. The van der Waals surface area contributed by atoms with Gasteiger partial charge >= 0.3 is 5.97 Å². The van der Waals surface area contributed by atoms with Gasteiger partial charge in [0, 0.05) is 6.26 Å². The van der Waals surface area contributed by atoms with Gasteiger partial charge in [0.25, 0.3) is 5.91 Å². The van der Waals surface area contributed by atoms with Crippen molar-refractivity contribution >= 4 is 21.7 Å². The zero-order valence-electron chi connectivity index (χ0n) is 14.0. The van der Waals surface area contributed by atoms with E-state index in [1.54, 1.807) is 20.8 Å². The van der Waals surface area contributed by atoms with E-state index in [0.717, 1.165) is 6.26 Å². The minimum Gasteiger partial charge on any atom is -0.452 e. The second-order valence-corrected chi connectivity index (χ2v) is 7.91. The second-order valence-electron chi connectivity index (χ2n) is 5.89. The molecule has 0 spiro atoms. The fraction of sp³-hybridized carbons (Fsp3) is 0.438. The van der Waals surface area contributed by atoms with Crippen molar-refractivity contribution in [3.63, 3.8) is 0 Å². The quantitative estimate of drug-likeness (QED) is 0.772. The van der Waals surface area contributed by atoms with Gasteiger partial charge in [0.15, 0.2) is 16.4 Å². The van der Waals surface area contributed by atoms with Gasteiger partial charge in [-0.05, 0) is 37.1 Å². The fourth-order valence-corrected chi connectivity index (χ4v) is 2.31. The van der Waals surface area contributed by atoms with Gasteiger partial charge in [0.1, 0.15) is 5.54 Å². The molecule has 1 amide bonds. The van der Waals surface area contributed by atoms with Crippen LogP contribution in [0.1, 0.15) is 31.1 Å². The van der Waals surface area contributed by atoms with Crippen LogP contribution in [0.25, 0.3) is 0 Å². The number of carbonyl (C=O) groups is 2. The Balaban J connectivity index is 2.67. The Morgan fingerprint density at radius 2 is 1.83 bits per heavy atom. The molecule has 0 aliphatic rings. The van der Waals surface area contributed by atoms with E-state index in [-0.39, 0.29) is 16.4 Å². The first-order chi connectivity index (χ1) is 11.0. The fourth-order valence-electron chi connectivity index (χ4n) is 1.68. The van der Waals surface area contributed by atoms with Gasteiger partial charge in [0.2, 0.25) is 0 Å². The molecular weight excluding hydrogens is 332 g/mol. The maximum Gasteiger partial charge on any atom is 0.338 e. The molecule has 0 radical (unpaired) electrons. The minimum atomic E-state index is -3.35. The zero-order chi connectivity index (χ0) is 18.5. The molecule has 1 rings (SSSR count). The number of amides is 1. The lowest BCUT2D eigenvalue weighted by Crippen LogP contribution is -2.50. The van der Waals surface area contributed by atoms with Crippen LogP contribution < -0.4 is 5.32 Å². The molecule has 0 aliphatic heterocycles. The Morgan fingerprint density at radius 3 is 2.25 bits per heavy atom. The monoisotopic (exact) mass is 352 g/mol. The third-order valence-electron chi connectivity index (χ3n) is 3.64. The molecule has 130 valence electrons. The molecule has 0 saturated heterocycles. The summed E-state index contributed by atoms with van der Waals surface area (Å²) in [5, 5.41) is 11.7. The summed E-state index contributed by atoms with van der Waals surface area (Å²) >= 11 is 0. The predicted octanol–water partition coefficient (Wildman–Crippen LogP) is 1.30. The SMILES string of the molecule is CC(C)[C@](C)(C#N)NC(=O)COC(=O)c1ccc(S(C)(=O)=O)cc1. The minimum absolute atomic E-state index is 0.0820. The van der Waals surface area contributed by atoms with Crippen molar-refractivity contribution in [2.45, 2.75) is 31.2 Å². The molecule has 7 nitrogen and oxygen atoms in total. The summed E-state index contributed by atoms with van der Waals surface area (Å²) in [6.07, 6.45) is 1.06. The number of carbonyl (C=O) groups excluding carboxylic acids is 2. The van der Waals surface area contributed by atoms with Gasteiger partial charge in [-0.15, -0.1) is 0 Å². The number of nitrogens with one attached hydrogen (secondary N) is 1. The lowest BCUT2D eigenvalue weighted by Gasteiger charge is -2.27. The van der Waals surface area contributed by atoms with Crippen LogP contribution in [-0.2, 0) is 19.4 Å². The van der Waals surface area contributed by atoms with Crippen LogP contribution in [0, 0.1) is 17.2 Å². The van der Waals surface area contributed by atoms with E-state index >= 15 is 0 Å². The Morgan fingerprint density at radius 1 is 1.29 bits per heavy atom. The molecule has 0 aliphatic carbocycles. The Bertz CT molecular complexity index is 763. The zero-order valence-corrected chi connectivity index (χ0v) is 14.8. The molecule has 0 aromatic heterocycles. The van der Waals surface area contributed by atoms with Gasteiger partial charge in [-0.1, -0.05) is 13.8 Å². The van der Waals surface area contributed by atoms with Crippen molar-refractivity contribution in [1.82, 2.24) is 5.32 Å². The molecule has 24 heavy (non-hydrogen) atoms. The van der Waals surface area contributed by atoms with Crippen molar-refractivity contribution in [2.75, 3.05) is 12.9 Å². The van der Waals surface area contributed by atoms with E-state index < -0.39 is 33.9 Å². The largest absolute Gasteiger partial charge is 0.452 e. The first-order valence-corrected chi connectivity index (χ1v) is 9.08. The van der Waals surface area contributed by atoms with Gasteiger partial charge in [-0.2, -0.15) is 5.26 Å². The number of rotatable bonds is 6. The lowest BCUT2D eigenvalue weighted by molar-refractivity contribution is -0.125. The molecule has 1 aromatic carbocycles. The van der Waals surface area contributed by atoms with Crippen molar-refractivity contribution in [2.24, 2.45) is 5.92 Å². The highest BCUT2D eigenvalue weighted by molar-refractivity contribution is 7.90. The molecule has 0 bridgehead atoms. The molecule has 1 aromatic rings. The van der Waals surface area contributed by atoms with Crippen LogP contribution in [0.5, 0.6) is 0 Å². The van der Waals surface area contributed by atoms with Gasteiger partial charge < -0.3 is 10.1 Å². The van der Waals surface area contributed by atoms with E-state index in [9.17, 15) is 18.0 Å². The highest BCUT2D eigenvalue weighted by Crippen LogP contribution is 2.15. The van der Waals surface area contributed by atoms with Gasteiger partial charge in [-0.25, -0.2) is 13.2 Å². The summed E-state index contributed by atoms with van der Waals surface area (Å²) in [6, 6.07) is 7.22. The van der Waals surface area contributed by atoms with Crippen LogP contribution in [0.3, 0.4) is 0 Å². The summed E-state index contributed by atoms with van der Waals surface area (Å²) < 4.78 is 27.6. The molecular formula is C16H20N2O5S. The number of hydrogen-bond acceptors (Lipinski definition) is 6. The second kappa shape index (κ2) is 7.45. The van der Waals surface area contributed by atoms with Crippen molar-refractivity contribution in [3.05, 3.63) is 29.8 Å². The molecule has 0 fully saturated rings. The van der Waals surface area contributed by atoms with Crippen LogP contribution in [-0.4, -0.2) is 38.7 Å². The van der Waals surface area contributed by atoms with Crippen molar-refractivity contribution in [1.29, 1.82) is 5.26 Å². The summed E-state index contributed by atoms with van der Waals surface area (Å²) in [5.41, 5.74) is -0.928. The van der Waals surface area contributed by atoms with E-state index in [0.29, 0.717) is 0 Å². The van der Waals surface area contributed by atoms with E-state index in [4.69, 9.17) is 10.00 Å². The Hall–Kier alpha value is -2.40. The molecule has 1 atom stereocenters. The first-order valence-electron chi connectivity index (χ1n) is 7.19. The first kappa shape index (κ1) is 19.6. The average Bonchev–Trinajstić information content (AvgIpc) is 2.51. The Labute approximate surface area is 141 Å². The molecule has 0 saturated carbocycles. The normalized spacial score (nSPS) is 13.7. The number of hydrogen-bond donors (Lipinski definition) is 1. The number of nitrogens with zero attached hydrogens (tertiary/aromatic N) is 1. The number of ether oxygens (including phenoxy) is 1. The van der Waals surface area contributed by atoms with Crippen molar-refractivity contribution in [3.8, 4) is 6.07 Å². The number of benzene rings is 1. The molecule has 0 heterocycles. The topological polar surface area (TPSA) is 113 Å². The molecule has 0 unspecified atom stereocenters. The van der Waals surface area contributed by atoms with Gasteiger partial charge in [-0.3, -0.25) is 4.79 Å². The van der Waals surface area contributed by atoms with Crippen LogP contribution in [0.2, 0.25) is 0 Å². The third kappa shape index (κ3) is 5.06. The highest BCUT2D eigenvalue weighted by atomic mass is 32.2. The summed E-state index contributed by atoms with van der Waals surface area (Å²) in [4.78, 5) is 23.8. The van der Waals surface area contributed by atoms with Crippen LogP contribution >= 0.6 is 0 Å². The van der Waals surface area contributed by atoms with E-state index in [1.807, 2.05) is 6.07 Å². The van der Waals surface area contributed by atoms with Crippen LogP contribution in [0.4, 0.5) is 0 Å². The van der Waals surface area contributed by atoms with Crippen molar-refractivity contribution < 1.29 is 22.7 Å². The number of sulfone groups is 1. The summed E-state index contributed by atoms with van der Waals surface area (Å²) in [5.74, 6) is -1.46. The van der Waals surface area contributed by atoms with Crippen LogP contribution in [0.15, 0.2) is 29.2 Å². The maximum atomic E-state index is 11.9. The molecule has 8 heteroatoms. The predicted molar refractivity (Wildman–Crippen MR) is 86.8 cm³/mol. The van der Waals surface area contributed by atoms with E-state index in [1.165, 1.54) is 24.3 Å². The smallest absolute Gasteiger partial charge is 0.338 e. The Kier molecular flexibility index (Phi) is 6.10. The third-order valence-corrected chi connectivity index (χ3v) is 4.77. The standard InChI is InChI=1S/C16H20N2O5S/c1-11(2)16(3,10-17)18-14(19)9-23-15(20)12-5-7-13(8-6-12)24(4,21)22/h5-8,11H,9H2,1-4H3,(H,18,19)/t16-/m0/s1. The number of esters is 1. The maximum absolute atomic E-state index is 11.9. The van der Waals surface area contributed by atoms with E-state index in [2.05, 4.69) is 5.32 Å². The number of nitriles is 1.